The zero-order valence-corrected chi connectivity index (χ0v) is 6.37. The van der Waals surface area contributed by atoms with Crippen LogP contribution in [-0.4, -0.2) is 23.3 Å². The van der Waals surface area contributed by atoms with Crippen molar-refractivity contribution in [3.63, 3.8) is 0 Å². The summed E-state index contributed by atoms with van der Waals surface area (Å²) in [6.45, 7) is 0. The molecule has 2 N–H and O–H groups in total. The smallest absolute Gasteiger partial charge is 0.335 e. The Balaban J connectivity index is 3.30. The Morgan fingerprint density at radius 1 is 1.75 bits per heavy atom. The Morgan fingerprint density at radius 3 is 2.92 bits per heavy atom. The van der Waals surface area contributed by atoms with E-state index < -0.39 is 5.97 Å². The number of carbonyl (C=O) groups is 1. The van der Waals surface area contributed by atoms with Crippen molar-refractivity contribution >= 4 is 5.97 Å². The lowest BCUT2D eigenvalue weighted by atomic mass is 10.2. The summed E-state index contributed by atoms with van der Waals surface area (Å²) in [6, 6.07) is 1.90. The van der Waals surface area contributed by atoms with Crippen LogP contribution in [0, 0.1) is 0 Å². The van der Waals surface area contributed by atoms with Gasteiger partial charge in [-0.3, -0.25) is 0 Å². The van der Waals surface area contributed by atoms with Gasteiger partial charge in [0.15, 0.2) is 11.5 Å². The normalized spacial score (nSPS) is 10.6. The Morgan fingerprint density at radius 2 is 2.42 bits per heavy atom. The highest BCUT2D eigenvalue weighted by atomic mass is 16.5. The fourth-order valence-electron chi connectivity index (χ4n) is 0.751. The molecule has 0 aliphatic heterocycles. The van der Waals surface area contributed by atoms with Gasteiger partial charge in [-0.25, -0.2) is 4.79 Å². The van der Waals surface area contributed by atoms with Crippen molar-refractivity contribution in [3.05, 3.63) is 23.7 Å². The lowest BCUT2D eigenvalue weighted by molar-refractivity contribution is 0.0696. The van der Waals surface area contributed by atoms with Gasteiger partial charge in [0.1, 0.15) is 0 Å². The van der Waals surface area contributed by atoms with Gasteiger partial charge in [0.25, 0.3) is 0 Å². The molecule has 64 valence electrons. The van der Waals surface area contributed by atoms with Gasteiger partial charge in [0, 0.05) is 0 Å². The molecular weight excluding hydrogens is 160 g/mol. The molecule has 12 heavy (non-hydrogen) atoms. The standard InChI is InChI=1S/C8H8O4/c1-12-7-4-5(8(10)11)2-3-6(7)9/h2-4,9H,1H3,(H,10,11)/i2D. The van der Waals surface area contributed by atoms with Crippen LogP contribution in [0.1, 0.15) is 11.7 Å². The van der Waals surface area contributed by atoms with Crippen LogP contribution in [0.15, 0.2) is 18.2 Å². The Labute approximate surface area is 70.4 Å². The number of aromatic carboxylic acids is 1. The molecule has 0 atom stereocenters. The summed E-state index contributed by atoms with van der Waals surface area (Å²) in [5.74, 6) is -1.41. The molecule has 0 aromatic heterocycles. The van der Waals surface area contributed by atoms with Crippen molar-refractivity contribution in [1.82, 2.24) is 0 Å². The van der Waals surface area contributed by atoms with Crippen molar-refractivity contribution in [2.45, 2.75) is 0 Å². The molecule has 0 unspecified atom stereocenters. The maximum Gasteiger partial charge on any atom is 0.335 e. The summed E-state index contributed by atoms with van der Waals surface area (Å²) < 4.78 is 11.9. The molecule has 1 aromatic carbocycles. The van der Waals surface area contributed by atoms with Crippen LogP contribution in [0.4, 0.5) is 0 Å². The number of carboxylic acid groups (broad SMARTS) is 1. The first-order chi connectivity index (χ1) is 6.06. The molecule has 0 radical (unpaired) electrons. The lowest BCUT2D eigenvalue weighted by Gasteiger charge is -2.02. The van der Waals surface area contributed by atoms with Crippen molar-refractivity contribution < 1.29 is 21.1 Å². The predicted molar refractivity (Wildman–Crippen MR) is 41.6 cm³/mol. The molecule has 0 saturated carbocycles. The zero-order valence-electron chi connectivity index (χ0n) is 7.37. The van der Waals surface area contributed by atoms with E-state index in [0.29, 0.717) is 0 Å². The number of rotatable bonds is 2. The molecule has 0 amide bonds. The van der Waals surface area contributed by atoms with Crippen molar-refractivity contribution in [2.24, 2.45) is 0 Å². The first-order valence-corrected chi connectivity index (χ1v) is 3.17. The number of benzene rings is 1. The third-order valence-electron chi connectivity index (χ3n) is 1.34. The van der Waals surface area contributed by atoms with Crippen molar-refractivity contribution in [3.8, 4) is 11.5 Å². The van der Waals surface area contributed by atoms with Gasteiger partial charge < -0.3 is 14.9 Å². The summed E-state index contributed by atoms with van der Waals surface area (Å²) in [7, 11) is 1.31. The van der Waals surface area contributed by atoms with Gasteiger partial charge in [0.2, 0.25) is 0 Å². The van der Waals surface area contributed by atoms with E-state index >= 15 is 0 Å². The second-order valence-corrected chi connectivity index (χ2v) is 2.11. The molecule has 0 spiro atoms. The summed E-state index contributed by atoms with van der Waals surface area (Å²) in [5.41, 5.74) is -0.199. The molecule has 1 aromatic rings. The van der Waals surface area contributed by atoms with Crippen LogP contribution >= 0.6 is 0 Å². The molecule has 0 fully saturated rings. The van der Waals surface area contributed by atoms with Gasteiger partial charge in [-0.15, -0.1) is 0 Å². The number of ether oxygens (including phenoxy) is 1. The molecule has 0 aliphatic carbocycles. The Bertz CT molecular complexity index is 348. The topological polar surface area (TPSA) is 66.8 Å². The second kappa shape index (κ2) is 3.13. The van der Waals surface area contributed by atoms with Gasteiger partial charge in [-0.1, -0.05) is 0 Å². The average molecular weight is 169 g/mol. The van der Waals surface area contributed by atoms with E-state index in [-0.39, 0.29) is 23.1 Å². The van der Waals surface area contributed by atoms with Crippen molar-refractivity contribution in [2.75, 3.05) is 7.11 Å². The zero-order chi connectivity index (χ0) is 10.0. The molecule has 0 heterocycles. The number of hydrogen-bond donors (Lipinski definition) is 2. The Hall–Kier alpha value is -1.71. The molecule has 1 rings (SSSR count). The van der Waals surface area contributed by atoms with Gasteiger partial charge in [-0.05, 0) is 18.2 Å². The van der Waals surface area contributed by atoms with Gasteiger partial charge in [-0.2, -0.15) is 0 Å². The highest BCUT2D eigenvalue weighted by molar-refractivity contribution is 5.88. The third kappa shape index (κ3) is 1.47. The number of phenols is 1. The summed E-state index contributed by atoms with van der Waals surface area (Å²) in [6.07, 6.45) is 0. The minimum Gasteiger partial charge on any atom is -0.504 e. The van der Waals surface area contributed by atoms with E-state index in [9.17, 15) is 4.79 Å². The minimum atomic E-state index is -1.22. The lowest BCUT2D eigenvalue weighted by Crippen LogP contribution is -1.96. The number of phenolic OH excluding ortho intramolecular Hbond substituents is 1. The highest BCUT2D eigenvalue weighted by Gasteiger charge is 2.06. The number of aromatic hydroxyl groups is 1. The SMILES string of the molecule is [2H]c1cc(O)c(OC)cc1C(=O)O. The average Bonchev–Trinajstić information content (AvgIpc) is 2.03. The largest absolute Gasteiger partial charge is 0.504 e. The maximum absolute atomic E-state index is 10.5. The molecule has 0 bridgehead atoms. The molecule has 4 heteroatoms. The number of hydrogen-bond acceptors (Lipinski definition) is 3. The Kier molecular flexibility index (Phi) is 1.82. The van der Waals surface area contributed by atoms with E-state index in [1.165, 1.54) is 7.11 Å². The van der Waals surface area contributed by atoms with Crippen molar-refractivity contribution in [1.29, 1.82) is 0 Å². The van der Waals surface area contributed by atoms with Gasteiger partial charge in [0.05, 0.1) is 14.0 Å². The highest BCUT2D eigenvalue weighted by Crippen LogP contribution is 2.25. The van der Waals surface area contributed by atoms with E-state index in [2.05, 4.69) is 0 Å². The fraction of sp³-hybridized carbons (Fsp3) is 0.125. The second-order valence-electron chi connectivity index (χ2n) is 2.11. The van der Waals surface area contributed by atoms with Crippen LogP contribution < -0.4 is 4.74 Å². The minimum absolute atomic E-state index is 0.0494. The third-order valence-corrected chi connectivity index (χ3v) is 1.34. The quantitative estimate of drug-likeness (QED) is 0.695. The molecule has 0 saturated heterocycles. The molecule has 4 nitrogen and oxygen atoms in total. The molecule has 0 aliphatic rings. The number of methoxy groups -OCH3 is 1. The van der Waals surface area contributed by atoms with E-state index in [1.807, 2.05) is 0 Å². The van der Waals surface area contributed by atoms with Gasteiger partial charge >= 0.3 is 5.97 Å². The predicted octanol–water partition coefficient (Wildman–Crippen LogP) is 1.10. The maximum atomic E-state index is 10.5. The van der Waals surface area contributed by atoms with Crippen LogP contribution in [0.3, 0.4) is 0 Å². The number of carboxylic acids is 1. The summed E-state index contributed by atoms with van der Waals surface area (Å²) in [5, 5.41) is 17.8. The summed E-state index contributed by atoms with van der Waals surface area (Å²) >= 11 is 0. The first kappa shape index (κ1) is 6.97. The first-order valence-electron chi connectivity index (χ1n) is 3.67. The monoisotopic (exact) mass is 169 g/mol. The van der Waals surface area contributed by atoms with E-state index in [1.54, 1.807) is 0 Å². The van der Waals surface area contributed by atoms with E-state index in [0.717, 1.165) is 12.1 Å². The molecular formula is C8H8O4. The van der Waals surface area contributed by atoms with Crippen LogP contribution in [-0.2, 0) is 0 Å². The van der Waals surface area contributed by atoms with E-state index in [4.69, 9.17) is 16.3 Å². The summed E-state index contributed by atoms with van der Waals surface area (Å²) in [4.78, 5) is 10.5. The van der Waals surface area contributed by atoms with Crippen LogP contribution in [0.2, 0.25) is 0 Å². The van der Waals surface area contributed by atoms with Crippen LogP contribution in [0.25, 0.3) is 0 Å². The fourth-order valence-corrected chi connectivity index (χ4v) is 0.751. The van der Waals surface area contributed by atoms with Crippen LogP contribution in [0.5, 0.6) is 11.5 Å².